The van der Waals surface area contributed by atoms with Crippen molar-refractivity contribution in [3.63, 3.8) is 0 Å². The highest BCUT2D eigenvalue weighted by molar-refractivity contribution is 5.98. The second kappa shape index (κ2) is 4.18. The first kappa shape index (κ1) is 10.8. The first-order valence-electron chi connectivity index (χ1n) is 5.95. The molecule has 2 aromatic rings. The van der Waals surface area contributed by atoms with E-state index in [1.165, 1.54) is 0 Å². The Kier molecular flexibility index (Phi) is 2.52. The summed E-state index contributed by atoms with van der Waals surface area (Å²) in [6, 6.07) is 19.9. The van der Waals surface area contributed by atoms with Gasteiger partial charge >= 0.3 is 6.03 Å². The second-order valence-electron chi connectivity index (χ2n) is 4.38. The molecular weight excluding hydrogens is 224 g/mol. The molecule has 0 aliphatic carbocycles. The maximum Gasteiger partial charge on any atom is 0.328 e. The van der Waals surface area contributed by atoms with Gasteiger partial charge in [0, 0.05) is 12.7 Å². The molecular formula is C15H14N2O. The number of carbonyl (C=O) groups excluding carboxylic acids is 1. The van der Waals surface area contributed by atoms with Crippen molar-refractivity contribution in [3.05, 3.63) is 66.2 Å². The fourth-order valence-electron chi connectivity index (χ4n) is 2.33. The van der Waals surface area contributed by atoms with Crippen molar-refractivity contribution < 1.29 is 4.79 Å². The van der Waals surface area contributed by atoms with Crippen LogP contribution in [0.3, 0.4) is 0 Å². The van der Waals surface area contributed by atoms with E-state index in [2.05, 4.69) is 0 Å². The molecule has 3 heteroatoms. The number of benzene rings is 2. The number of rotatable bonds is 2. The zero-order valence-corrected chi connectivity index (χ0v) is 10.2. The third kappa shape index (κ3) is 1.56. The van der Waals surface area contributed by atoms with Crippen LogP contribution >= 0.6 is 0 Å². The number of carbonyl (C=O) groups is 1. The minimum Gasteiger partial charge on any atom is -0.302 e. The number of urea groups is 1. The van der Waals surface area contributed by atoms with Gasteiger partial charge in [-0.3, -0.25) is 4.90 Å². The number of para-hydroxylation sites is 1. The Morgan fingerprint density at radius 2 is 1.44 bits per heavy atom. The van der Waals surface area contributed by atoms with E-state index in [1.54, 1.807) is 4.90 Å². The lowest BCUT2D eigenvalue weighted by Crippen LogP contribution is -2.60. The van der Waals surface area contributed by atoms with E-state index < -0.39 is 0 Å². The minimum atomic E-state index is 0.00102. The average molecular weight is 238 g/mol. The van der Waals surface area contributed by atoms with Gasteiger partial charge in [0.2, 0.25) is 0 Å². The maximum atomic E-state index is 12.0. The molecule has 0 aromatic heterocycles. The van der Waals surface area contributed by atoms with Crippen LogP contribution in [0.2, 0.25) is 0 Å². The number of nitrogens with zero attached hydrogens (tertiary/aromatic N) is 2. The average Bonchev–Trinajstić information content (AvgIpc) is 2.45. The number of amides is 2. The smallest absolute Gasteiger partial charge is 0.302 e. The Hall–Kier alpha value is -2.29. The summed E-state index contributed by atoms with van der Waals surface area (Å²) >= 11 is 0. The molecule has 0 spiro atoms. The maximum absolute atomic E-state index is 12.0. The van der Waals surface area contributed by atoms with Gasteiger partial charge in [0.1, 0.15) is 6.17 Å². The van der Waals surface area contributed by atoms with E-state index in [9.17, 15) is 4.79 Å². The molecule has 1 aliphatic heterocycles. The normalized spacial score (nSPS) is 18.7. The van der Waals surface area contributed by atoms with E-state index in [1.807, 2.05) is 72.6 Å². The fraction of sp³-hybridized carbons (Fsp3) is 0.133. The van der Waals surface area contributed by atoms with E-state index >= 15 is 0 Å². The van der Waals surface area contributed by atoms with Crippen LogP contribution in [0.4, 0.5) is 10.5 Å². The molecule has 0 radical (unpaired) electrons. The standard InChI is InChI=1S/C15H14N2O/c1-16-14(12-8-4-2-5-9-12)17(15(16)18)13-10-6-3-7-11-13/h2-11,14H,1H3. The van der Waals surface area contributed by atoms with Crippen LogP contribution in [0.25, 0.3) is 0 Å². The summed E-state index contributed by atoms with van der Waals surface area (Å²) in [6.45, 7) is 0. The van der Waals surface area contributed by atoms with Gasteiger partial charge in [-0.15, -0.1) is 0 Å². The zero-order chi connectivity index (χ0) is 12.5. The summed E-state index contributed by atoms with van der Waals surface area (Å²) in [7, 11) is 1.83. The Morgan fingerprint density at radius 1 is 0.889 bits per heavy atom. The molecule has 1 unspecified atom stereocenters. The van der Waals surface area contributed by atoms with Crippen molar-refractivity contribution >= 4 is 11.7 Å². The summed E-state index contributed by atoms with van der Waals surface area (Å²) in [5.74, 6) is 0. The van der Waals surface area contributed by atoms with Gasteiger partial charge in [-0.05, 0) is 17.7 Å². The quantitative estimate of drug-likeness (QED) is 0.787. The highest BCUT2D eigenvalue weighted by Gasteiger charge is 2.43. The van der Waals surface area contributed by atoms with Crippen molar-refractivity contribution in [1.82, 2.24) is 4.90 Å². The Labute approximate surface area is 106 Å². The predicted molar refractivity (Wildman–Crippen MR) is 71.3 cm³/mol. The highest BCUT2D eigenvalue weighted by Crippen LogP contribution is 2.38. The third-order valence-corrected chi connectivity index (χ3v) is 3.25. The van der Waals surface area contributed by atoms with Crippen molar-refractivity contribution in [2.24, 2.45) is 0 Å². The first-order chi connectivity index (χ1) is 8.79. The monoisotopic (exact) mass is 238 g/mol. The Balaban J connectivity index is 1.97. The van der Waals surface area contributed by atoms with Gasteiger partial charge < -0.3 is 4.90 Å². The van der Waals surface area contributed by atoms with Crippen LogP contribution in [0, 0.1) is 0 Å². The Bertz CT molecular complexity index is 553. The van der Waals surface area contributed by atoms with Crippen LogP contribution in [0.1, 0.15) is 11.7 Å². The fourth-order valence-corrected chi connectivity index (χ4v) is 2.33. The lowest BCUT2D eigenvalue weighted by atomic mass is 10.1. The molecule has 0 saturated carbocycles. The molecule has 2 amide bonds. The summed E-state index contributed by atoms with van der Waals surface area (Å²) in [6.07, 6.45) is 0.00102. The van der Waals surface area contributed by atoms with Gasteiger partial charge in [-0.1, -0.05) is 48.5 Å². The van der Waals surface area contributed by atoms with Gasteiger partial charge in [-0.2, -0.15) is 0 Å². The first-order valence-corrected chi connectivity index (χ1v) is 5.95. The van der Waals surface area contributed by atoms with E-state index in [4.69, 9.17) is 0 Å². The molecule has 0 N–H and O–H groups in total. The summed E-state index contributed by atoms with van der Waals surface area (Å²) in [4.78, 5) is 15.6. The summed E-state index contributed by atoms with van der Waals surface area (Å²) < 4.78 is 0. The molecule has 3 nitrogen and oxygen atoms in total. The van der Waals surface area contributed by atoms with Crippen molar-refractivity contribution in [2.45, 2.75) is 6.17 Å². The van der Waals surface area contributed by atoms with Crippen LogP contribution in [0.5, 0.6) is 0 Å². The van der Waals surface area contributed by atoms with Crippen LogP contribution in [0.15, 0.2) is 60.7 Å². The van der Waals surface area contributed by atoms with E-state index in [0.717, 1.165) is 11.3 Å². The minimum absolute atomic E-state index is 0.00102. The number of hydrogen-bond acceptors (Lipinski definition) is 1. The number of hydrogen-bond donors (Lipinski definition) is 0. The van der Waals surface area contributed by atoms with Gasteiger partial charge in [-0.25, -0.2) is 4.79 Å². The number of anilines is 1. The molecule has 2 aromatic carbocycles. The van der Waals surface area contributed by atoms with Crippen LogP contribution < -0.4 is 4.90 Å². The van der Waals surface area contributed by atoms with Gasteiger partial charge in [0.25, 0.3) is 0 Å². The summed E-state index contributed by atoms with van der Waals surface area (Å²) in [5.41, 5.74) is 2.07. The SMILES string of the molecule is CN1C(=O)N(c2ccccc2)C1c1ccccc1. The molecule has 0 bridgehead atoms. The topological polar surface area (TPSA) is 23.6 Å². The van der Waals surface area contributed by atoms with Gasteiger partial charge in [0.15, 0.2) is 0 Å². The van der Waals surface area contributed by atoms with Crippen LogP contribution in [-0.2, 0) is 0 Å². The van der Waals surface area contributed by atoms with Crippen molar-refractivity contribution in [2.75, 3.05) is 11.9 Å². The molecule has 18 heavy (non-hydrogen) atoms. The second-order valence-corrected chi connectivity index (χ2v) is 4.38. The largest absolute Gasteiger partial charge is 0.328 e. The molecule has 1 aliphatic rings. The summed E-state index contributed by atoms with van der Waals surface area (Å²) in [5, 5.41) is 0. The van der Waals surface area contributed by atoms with Crippen LogP contribution in [-0.4, -0.2) is 18.0 Å². The Morgan fingerprint density at radius 3 is 2.06 bits per heavy atom. The lowest BCUT2D eigenvalue weighted by molar-refractivity contribution is 0.152. The molecule has 90 valence electrons. The van der Waals surface area contributed by atoms with Crippen molar-refractivity contribution in [1.29, 1.82) is 0 Å². The molecule has 1 heterocycles. The van der Waals surface area contributed by atoms with Crippen molar-refractivity contribution in [3.8, 4) is 0 Å². The molecule has 1 atom stereocenters. The highest BCUT2D eigenvalue weighted by atomic mass is 16.2. The molecule has 3 rings (SSSR count). The van der Waals surface area contributed by atoms with E-state index in [-0.39, 0.29) is 12.2 Å². The zero-order valence-electron chi connectivity index (χ0n) is 10.2. The van der Waals surface area contributed by atoms with E-state index in [0.29, 0.717) is 0 Å². The lowest BCUT2D eigenvalue weighted by Gasteiger charge is -2.48. The predicted octanol–water partition coefficient (Wildman–Crippen LogP) is 3.26. The molecule has 1 fully saturated rings. The molecule has 1 saturated heterocycles. The third-order valence-electron chi connectivity index (χ3n) is 3.25. The van der Waals surface area contributed by atoms with Gasteiger partial charge in [0.05, 0.1) is 0 Å².